The van der Waals surface area contributed by atoms with E-state index in [1.54, 1.807) is 0 Å². The van der Waals surface area contributed by atoms with Crippen LogP contribution >= 0.6 is 11.6 Å². The van der Waals surface area contributed by atoms with E-state index in [2.05, 4.69) is 9.97 Å². The Morgan fingerprint density at radius 2 is 1.61 bits per heavy atom. The van der Waals surface area contributed by atoms with Crippen molar-refractivity contribution in [2.75, 3.05) is 26.4 Å². The lowest BCUT2D eigenvalue weighted by Gasteiger charge is -2.19. The van der Waals surface area contributed by atoms with Gasteiger partial charge in [-0.1, -0.05) is 11.6 Å². The fraction of sp³-hybridized carbons (Fsp3) is 0.500. The summed E-state index contributed by atoms with van der Waals surface area (Å²) in [6.07, 6.45) is 3.24. The molecule has 0 amide bonds. The molecular weight excluding hydrogens is 320 g/mol. The topological polar surface area (TPSA) is 62.7 Å². The zero-order valence-electron chi connectivity index (χ0n) is 12.5. The molecule has 23 heavy (non-hydrogen) atoms. The van der Waals surface area contributed by atoms with Crippen molar-refractivity contribution in [3.8, 4) is 11.5 Å². The van der Waals surface area contributed by atoms with Gasteiger partial charge in [0.25, 0.3) is 0 Å². The maximum absolute atomic E-state index is 6.18. The number of aromatic nitrogens is 2. The third-order valence-corrected chi connectivity index (χ3v) is 4.32. The SMILES string of the molecule is Clc1ncnc2cc(OC3CCOC3)c(OC3CCOC3)cc12. The number of benzene rings is 1. The van der Waals surface area contributed by atoms with Crippen molar-refractivity contribution in [1.29, 1.82) is 0 Å². The van der Waals surface area contributed by atoms with E-state index in [1.165, 1.54) is 6.33 Å². The lowest BCUT2D eigenvalue weighted by atomic mass is 10.2. The third kappa shape index (κ3) is 3.20. The summed E-state index contributed by atoms with van der Waals surface area (Å²) in [5.74, 6) is 1.31. The second-order valence-electron chi connectivity index (χ2n) is 5.69. The van der Waals surface area contributed by atoms with Gasteiger partial charge in [0.2, 0.25) is 0 Å². The maximum Gasteiger partial charge on any atom is 0.163 e. The molecule has 2 aliphatic rings. The van der Waals surface area contributed by atoms with Gasteiger partial charge in [-0.3, -0.25) is 0 Å². The van der Waals surface area contributed by atoms with Crippen LogP contribution in [0.25, 0.3) is 10.9 Å². The first kappa shape index (κ1) is 14.9. The highest BCUT2D eigenvalue weighted by Crippen LogP contribution is 2.36. The lowest BCUT2D eigenvalue weighted by molar-refractivity contribution is 0.123. The number of hydrogen-bond acceptors (Lipinski definition) is 6. The normalized spacial score (nSPS) is 24.2. The third-order valence-electron chi connectivity index (χ3n) is 4.02. The Bertz CT molecular complexity index is 700. The predicted molar refractivity (Wildman–Crippen MR) is 84.3 cm³/mol. The van der Waals surface area contributed by atoms with Crippen LogP contribution < -0.4 is 9.47 Å². The van der Waals surface area contributed by atoms with E-state index in [0.29, 0.717) is 29.9 Å². The monoisotopic (exact) mass is 336 g/mol. The number of ether oxygens (including phenoxy) is 4. The molecule has 2 saturated heterocycles. The molecule has 0 saturated carbocycles. The van der Waals surface area contributed by atoms with E-state index in [0.717, 1.165) is 37.0 Å². The Hall–Kier alpha value is -1.63. The van der Waals surface area contributed by atoms with Crippen molar-refractivity contribution >= 4 is 22.5 Å². The molecule has 0 spiro atoms. The maximum atomic E-state index is 6.18. The fourth-order valence-electron chi connectivity index (χ4n) is 2.79. The van der Waals surface area contributed by atoms with E-state index in [9.17, 15) is 0 Å². The Morgan fingerprint density at radius 1 is 0.957 bits per heavy atom. The minimum absolute atomic E-state index is 0.0260. The summed E-state index contributed by atoms with van der Waals surface area (Å²) < 4.78 is 22.9. The van der Waals surface area contributed by atoms with Gasteiger partial charge < -0.3 is 18.9 Å². The Morgan fingerprint density at radius 3 is 2.22 bits per heavy atom. The number of halogens is 1. The van der Waals surface area contributed by atoms with Crippen molar-refractivity contribution in [1.82, 2.24) is 9.97 Å². The van der Waals surface area contributed by atoms with E-state index in [4.69, 9.17) is 30.5 Å². The highest BCUT2D eigenvalue weighted by Gasteiger charge is 2.23. The van der Waals surface area contributed by atoms with Crippen molar-refractivity contribution in [3.05, 3.63) is 23.6 Å². The Kier molecular flexibility index (Phi) is 4.20. The van der Waals surface area contributed by atoms with Crippen molar-refractivity contribution in [2.45, 2.75) is 25.0 Å². The molecule has 0 aliphatic carbocycles. The first-order chi connectivity index (χ1) is 11.3. The van der Waals surface area contributed by atoms with Crippen LogP contribution in [0.15, 0.2) is 18.5 Å². The molecule has 122 valence electrons. The molecule has 0 N–H and O–H groups in total. The van der Waals surface area contributed by atoms with Gasteiger partial charge in [-0.05, 0) is 6.07 Å². The van der Waals surface area contributed by atoms with Crippen molar-refractivity contribution in [2.24, 2.45) is 0 Å². The molecule has 4 rings (SSSR count). The molecule has 0 radical (unpaired) electrons. The molecule has 7 heteroatoms. The van der Waals surface area contributed by atoms with Gasteiger partial charge in [-0.15, -0.1) is 0 Å². The predicted octanol–water partition coefficient (Wildman–Crippen LogP) is 2.62. The average molecular weight is 337 g/mol. The molecule has 1 aromatic heterocycles. The first-order valence-electron chi connectivity index (χ1n) is 7.72. The van der Waals surface area contributed by atoms with Gasteiger partial charge in [-0.2, -0.15) is 0 Å². The summed E-state index contributed by atoms with van der Waals surface area (Å²) in [6, 6.07) is 3.70. The van der Waals surface area contributed by atoms with E-state index >= 15 is 0 Å². The zero-order chi connectivity index (χ0) is 15.6. The fourth-order valence-corrected chi connectivity index (χ4v) is 2.98. The van der Waals surface area contributed by atoms with Gasteiger partial charge >= 0.3 is 0 Å². The Labute approximate surface area is 138 Å². The van der Waals surface area contributed by atoms with Crippen LogP contribution in [0.2, 0.25) is 5.15 Å². The van der Waals surface area contributed by atoms with Crippen LogP contribution in [0.3, 0.4) is 0 Å². The van der Waals surface area contributed by atoms with Crippen LogP contribution in [0.5, 0.6) is 11.5 Å². The molecule has 3 heterocycles. The summed E-state index contributed by atoms with van der Waals surface area (Å²) in [4.78, 5) is 8.29. The van der Waals surface area contributed by atoms with E-state index < -0.39 is 0 Å². The molecule has 2 aromatic rings. The standard InChI is InChI=1S/C16H17ClN2O4/c17-16-12-5-14(22-10-1-3-20-7-10)15(6-13(12)18-9-19-16)23-11-2-4-21-8-11/h5-6,9-11H,1-4,7-8H2. The van der Waals surface area contributed by atoms with Crippen LogP contribution in [0, 0.1) is 0 Å². The minimum atomic E-state index is 0.0260. The van der Waals surface area contributed by atoms with Gasteiger partial charge in [0, 0.05) is 24.3 Å². The number of fused-ring (bicyclic) bond motifs is 1. The van der Waals surface area contributed by atoms with Crippen LogP contribution in [0.4, 0.5) is 0 Å². The molecule has 1 aromatic carbocycles. The van der Waals surface area contributed by atoms with Crippen molar-refractivity contribution < 1.29 is 18.9 Å². The van der Waals surface area contributed by atoms with Crippen LogP contribution in [-0.2, 0) is 9.47 Å². The van der Waals surface area contributed by atoms with Crippen molar-refractivity contribution in [3.63, 3.8) is 0 Å². The number of rotatable bonds is 4. The molecular formula is C16H17ClN2O4. The van der Waals surface area contributed by atoms with Gasteiger partial charge in [-0.25, -0.2) is 9.97 Å². The van der Waals surface area contributed by atoms with Gasteiger partial charge in [0.1, 0.15) is 23.7 Å². The minimum Gasteiger partial charge on any atom is -0.484 e. The molecule has 2 fully saturated rings. The summed E-state index contributed by atoms with van der Waals surface area (Å²) >= 11 is 6.18. The quantitative estimate of drug-likeness (QED) is 0.800. The van der Waals surface area contributed by atoms with E-state index in [1.807, 2.05) is 12.1 Å². The Balaban J connectivity index is 1.70. The highest BCUT2D eigenvalue weighted by atomic mass is 35.5. The van der Waals surface area contributed by atoms with Crippen LogP contribution in [-0.4, -0.2) is 48.6 Å². The largest absolute Gasteiger partial charge is 0.484 e. The van der Waals surface area contributed by atoms with Gasteiger partial charge in [0.15, 0.2) is 11.5 Å². The second kappa shape index (κ2) is 6.47. The smallest absolute Gasteiger partial charge is 0.163 e. The molecule has 2 atom stereocenters. The second-order valence-corrected chi connectivity index (χ2v) is 6.05. The number of nitrogens with zero attached hydrogens (tertiary/aromatic N) is 2. The molecule has 2 unspecified atom stereocenters. The lowest BCUT2D eigenvalue weighted by Crippen LogP contribution is -2.19. The average Bonchev–Trinajstić information content (AvgIpc) is 3.22. The summed E-state index contributed by atoms with van der Waals surface area (Å²) in [5.41, 5.74) is 0.730. The molecule has 2 aliphatic heterocycles. The van der Waals surface area contributed by atoms with Gasteiger partial charge in [0.05, 0.1) is 31.9 Å². The first-order valence-corrected chi connectivity index (χ1v) is 8.10. The molecule has 6 nitrogen and oxygen atoms in total. The number of hydrogen-bond donors (Lipinski definition) is 0. The van der Waals surface area contributed by atoms with E-state index in [-0.39, 0.29) is 12.2 Å². The summed E-state index contributed by atoms with van der Waals surface area (Å²) in [7, 11) is 0. The summed E-state index contributed by atoms with van der Waals surface area (Å²) in [6.45, 7) is 2.62. The highest BCUT2D eigenvalue weighted by molar-refractivity contribution is 6.34. The van der Waals surface area contributed by atoms with Crippen LogP contribution in [0.1, 0.15) is 12.8 Å². The zero-order valence-corrected chi connectivity index (χ0v) is 13.3. The molecule has 0 bridgehead atoms. The summed E-state index contributed by atoms with van der Waals surface area (Å²) in [5, 5.41) is 1.15.